The summed E-state index contributed by atoms with van der Waals surface area (Å²) in [5.74, 6) is -0.0298. The predicted molar refractivity (Wildman–Crippen MR) is 113 cm³/mol. The molecule has 144 valence electrons. The van der Waals surface area contributed by atoms with Gasteiger partial charge in [-0.2, -0.15) is 0 Å². The van der Waals surface area contributed by atoms with Crippen molar-refractivity contribution in [1.29, 1.82) is 0 Å². The second kappa shape index (κ2) is 8.52. The molecule has 1 unspecified atom stereocenters. The Morgan fingerprint density at radius 3 is 2.96 bits per heavy atom. The minimum absolute atomic E-state index is 0.0200. The van der Waals surface area contributed by atoms with Gasteiger partial charge >= 0.3 is 0 Å². The van der Waals surface area contributed by atoms with Gasteiger partial charge in [-0.15, -0.1) is 11.3 Å². The van der Waals surface area contributed by atoms with Crippen LogP contribution in [0.3, 0.4) is 0 Å². The Balaban J connectivity index is 1.34. The van der Waals surface area contributed by atoms with Gasteiger partial charge in [0.25, 0.3) is 0 Å². The SMILES string of the molecule is NC1CC=CC=C1c1cn2c(CNC(=O)CNCc3ccccc3)csc2n1. The molecular weight excluding hydrogens is 370 g/mol. The first-order chi connectivity index (χ1) is 13.7. The van der Waals surface area contributed by atoms with Crippen molar-refractivity contribution in [3.8, 4) is 0 Å². The van der Waals surface area contributed by atoms with Gasteiger partial charge in [0.1, 0.15) is 0 Å². The fraction of sp³-hybridized carbons (Fsp3) is 0.238. The largest absolute Gasteiger partial charge is 0.349 e. The molecule has 2 aromatic heterocycles. The standard InChI is InChI=1S/C21H23N5OS/c22-18-9-5-4-8-17(18)19-13-26-16(14-28-21(26)25-19)11-24-20(27)12-23-10-15-6-2-1-3-7-15/h1-8,13-14,18,23H,9-12,22H2,(H,24,27). The number of carbonyl (C=O) groups is 1. The fourth-order valence-electron chi connectivity index (χ4n) is 3.19. The number of nitrogens with zero attached hydrogens (tertiary/aromatic N) is 2. The van der Waals surface area contributed by atoms with Gasteiger partial charge in [0, 0.05) is 24.2 Å². The molecule has 2 heterocycles. The van der Waals surface area contributed by atoms with Gasteiger partial charge in [-0.3, -0.25) is 9.20 Å². The van der Waals surface area contributed by atoms with Crippen LogP contribution in [-0.4, -0.2) is 27.9 Å². The Kier molecular flexibility index (Phi) is 5.66. The van der Waals surface area contributed by atoms with Crippen LogP contribution in [0, 0.1) is 0 Å². The highest BCUT2D eigenvalue weighted by molar-refractivity contribution is 7.15. The first-order valence-electron chi connectivity index (χ1n) is 9.30. The lowest BCUT2D eigenvalue weighted by Gasteiger charge is -2.14. The van der Waals surface area contributed by atoms with Crippen molar-refractivity contribution < 1.29 is 4.79 Å². The average molecular weight is 394 g/mol. The molecule has 1 aromatic carbocycles. The average Bonchev–Trinajstić information content (AvgIpc) is 3.29. The Hall–Kier alpha value is -2.74. The lowest BCUT2D eigenvalue weighted by Crippen LogP contribution is -2.33. The number of fused-ring (bicyclic) bond motifs is 1. The Bertz CT molecular complexity index is 1020. The van der Waals surface area contributed by atoms with Gasteiger partial charge in [0.05, 0.1) is 24.5 Å². The molecule has 0 fully saturated rings. The van der Waals surface area contributed by atoms with Gasteiger partial charge in [-0.05, 0) is 17.6 Å². The van der Waals surface area contributed by atoms with E-state index < -0.39 is 0 Å². The number of amides is 1. The van der Waals surface area contributed by atoms with Crippen LogP contribution in [0.2, 0.25) is 0 Å². The molecule has 0 saturated carbocycles. The molecule has 1 atom stereocenters. The van der Waals surface area contributed by atoms with Crippen LogP contribution in [0.4, 0.5) is 0 Å². The monoisotopic (exact) mass is 393 g/mol. The van der Waals surface area contributed by atoms with Gasteiger partial charge < -0.3 is 16.4 Å². The van der Waals surface area contributed by atoms with Gasteiger partial charge in [0.2, 0.25) is 5.91 Å². The van der Waals surface area contributed by atoms with E-state index in [2.05, 4.69) is 16.7 Å². The molecule has 0 aliphatic heterocycles. The van der Waals surface area contributed by atoms with Crippen molar-refractivity contribution in [2.75, 3.05) is 6.54 Å². The quantitative estimate of drug-likeness (QED) is 0.576. The molecule has 0 spiro atoms. The summed E-state index contributed by atoms with van der Waals surface area (Å²) >= 11 is 1.57. The topological polar surface area (TPSA) is 84.5 Å². The summed E-state index contributed by atoms with van der Waals surface area (Å²) in [5.41, 5.74) is 10.3. The van der Waals surface area contributed by atoms with E-state index >= 15 is 0 Å². The molecule has 7 heteroatoms. The molecular formula is C21H23N5OS. The molecule has 4 rings (SSSR count). The van der Waals surface area contributed by atoms with Crippen LogP contribution < -0.4 is 16.4 Å². The zero-order valence-electron chi connectivity index (χ0n) is 15.5. The minimum atomic E-state index is -0.0298. The van der Waals surface area contributed by atoms with E-state index in [1.54, 1.807) is 11.3 Å². The minimum Gasteiger partial charge on any atom is -0.349 e. The normalized spacial score (nSPS) is 16.3. The van der Waals surface area contributed by atoms with Crippen LogP contribution in [0.1, 0.15) is 23.4 Å². The van der Waals surface area contributed by atoms with Crippen LogP contribution in [0.25, 0.3) is 10.5 Å². The zero-order chi connectivity index (χ0) is 19.3. The third-order valence-electron chi connectivity index (χ3n) is 4.70. The van der Waals surface area contributed by atoms with Gasteiger partial charge in [-0.1, -0.05) is 48.6 Å². The number of hydrogen-bond donors (Lipinski definition) is 3. The number of allylic oxidation sites excluding steroid dienone is 2. The van der Waals surface area contributed by atoms with E-state index in [9.17, 15) is 4.79 Å². The summed E-state index contributed by atoms with van der Waals surface area (Å²) in [6.45, 7) is 1.42. The summed E-state index contributed by atoms with van der Waals surface area (Å²) in [5, 5.41) is 8.16. The third-order valence-corrected chi connectivity index (χ3v) is 5.59. The number of nitrogens with two attached hydrogens (primary N) is 1. The van der Waals surface area contributed by atoms with E-state index in [1.807, 2.05) is 58.5 Å². The molecule has 6 nitrogen and oxygen atoms in total. The number of nitrogens with one attached hydrogen (secondary N) is 2. The maximum atomic E-state index is 12.1. The summed E-state index contributed by atoms with van der Waals surface area (Å²) < 4.78 is 2.03. The predicted octanol–water partition coefficient (Wildman–Crippen LogP) is 2.47. The molecule has 4 N–H and O–H groups in total. The van der Waals surface area contributed by atoms with Crippen LogP contribution in [-0.2, 0) is 17.9 Å². The van der Waals surface area contributed by atoms with Crippen molar-refractivity contribution in [3.63, 3.8) is 0 Å². The molecule has 0 saturated heterocycles. The number of hydrogen-bond acceptors (Lipinski definition) is 5. The van der Waals surface area contributed by atoms with Crippen LogP contribution in [0.5, 0.6) is 0 Å². The molecule has 3 aromatic rings. The fourth-order valence-corrected chi connectivity index (χ4v) is 4.06. The highest BCUT2D eigenvalue weighted by atomic mass is 32.1. The highest BCUT2D eigenvalue weighted by Crippen LogP contribution is 2.25. The highest BCUT2D eigenvalue weighted by Gasteiger charge is 2.17. The van der Waals surface area contributed by atoms with E-state index in [0.29, 0.717) is 13.1 Å². The van der Waals surface area contributed by atoms with Crippen molar-refractivity contribution in [3.05, 3.63) is 77.1 Å². The Labute approximate surface area is 167 Å². The maximum Gasteiger partial charge on any atom is 0.234 e. The molecule has 28 heavy (non-hydrogen) atoms. The van der Waals surface area contributed by atoms with E-state index in [-0.39, 0.29) is 18.5 Å². The van der Waals surface area contributed by atoms with Crippen LogP contribution in [0.15, 0.2) is 60.1 Å². The summed E-state index contributed by atoms with van der Waals surface area (Å²) in [7, 11) is 0. The van der Waals surface area contributed by atoms with Crippen molar-refractivity contribution in [1.82, 2.24) is 20.0 Å². The third kappa shape index (κ3) is 4.22. The first-order valence-corrected chi connectivity index (χ1v) is 10.2. The van der Waals surface area contributed by atoms with Crippen molar-refractivity contribution in [2.45, 2.75) is 25.6 Å². The lowest BCUT2D eigenvalue weighted by atomic mass is 9.98. The van der Waals surface area contributed by atoms with Gasteiger partial charge in [-0.25, -0.2) is 4.98 Å². The Morgan fingerprint density at radius 1 is 1.29 bits per heavy atom. The van der Waals surface area contributed by atoms with E-state index in [4.69, 9.17) is 10.7 Å². The molecule has 0 bridgehead atoms. The molecule has 1 aliphatic rings. The smallest absolute Gasteiger partial charge is 0.234 e. The summed E-state index contributed by atoms with van der Waals surface area (Å²) in [6, 6.07) is 10.0. The number of rotatable bonds is 7. The van der Waals surface area contributed by atoms with Crippen molar-refractivity contribution >= 4 is 27.8 Å². The van der Waals surface area contributed by atoms with Gasteiger partial charge in [0.15, 0.2) is 4.96 Å². The zero-order valence-corrected chi connectivity index (χ0v) is 16.3. The second-order valence-electron chi connectivity index (χ2n) is 6.76. The molecule has 0 radical (unpaired) electrons. The van der Waals surface area contributed by atoms with Crippen molar-refractivity contribution in [2.24, 2.45) is 5.73 Å². The summed E-state index contributed by atoms with van der Waals surface area (Å²) in [4.78, 5) is 17.7. The number of carbonyl (C=O) groups excluding carboxylic acids is 1. The molecule has 1 amide bonds. The number of thiazole rings is 1. The van der Waals surface area contributed by atoms with E-state index in [1.165, 1.54) is 0 Å². The molecule has 1 aliphatic carbocycles. The first kappa shape index (κ1) is 18.6. The maximum absolute atomic E-state index is 12.1. The summed E-state index contributed by atoms with van der Waals surface area (Å²) in [6.07, 6.45) is 8.96. The van der Waals surface area contributed by atoms with Crippen LogP contribution >= 0.6 is 11.3 Å². The number of benzene rings is 1. The van der Waals surface area contributed by atoms with E-state index in [0.717, 1.165) is 33.9 Å². The lowest BCUT2D eigenvalue weighted by molar-refractivity contribution is -0.120. The number of aromatic nitrogens is 2. The second-order valence-corrected chi connectivity index (χ2v) is 7.60. The number of imidazole rings is 1. The Morgan fingerprint density at radius 2 is 2.14 bits per heavy atom.